The van der Waals surface area contributed by atoms with Crippen molar-refractivity contribution in [2.24, 2.45) is 4.99 Å². The van der Waals surface area contributed by atoms with Gasteiger partial charge in [0.1, 0.15) is 11.9 Å². The Morgan fingerprint density at radius 1 is 1.33 bits per heavy atom. The number of amides is 2. The lowest BCUT2D eigenvalue weighted by atomic mass is 10.0. The van der Waals surface area contributed by atoms with Gasteiger partial charge in [0.25, 0.3) is 0 Å². The monoisotopic (exact) mass is 331 g/mol. The SMILES string of the molecule is CC.CC(=Nc1cccc(C)c1C=O)N(C)C1CCC(=O)NC1=O. The van der Waals surface area contributed by atoms with E-state index in [1.807, 2.05) is 32.9 Å². The average molecular weight is 331 g/mol. The summed E-state index contributed by atoms with van der Waals surface area (Å²) in [7, 11) is 1.76. The summed E-state index contributed by atoms with van der Waals surface area (Å²) < 4.78 is 0. The van der Waals surface area contributed by atoms with Gasteiger partial charge in [-0.25, -0.2) is 4.99 Å². The zero-order chi connectivity index (χ0) is 18.3. The zero-order valence-electron chi connectivity index (χ0n) is 14.9. The summed E-state index contributed by atoms with van der Waals surface area (Å²) in [6, 6.07) is 5.02. The van der Waals surface area contributed by atoms with Crippen LogP contribution in [0.2, 0.25) is 0 Å². The van der Waals surface area contributed by atoms with E-state index in [2.05, 4.69) is 10.3 Å². The molecular formula is C18H25N3O3. The lowest BCUT2D eigenvalue weighted by Crippen LogP contribution is -2.52. The molecule has 1 aromatic rings. The molecule has 0 bridgehead atoms. The molecule has 1 aromatic carbocycles. The number of rotatable bonds is 3. The number of likely N-dealkylation sites (N-methyl/N-ethyl adjacent to an activating group) is 1. The summed E-state index contributed by atoms with van der Waals surface area (Å²) in [5.74, 6) is 0.0579. The number of piperidine rings is 1. The summed E-state index contributed by atoms with van der Waals surface area (Å²) in [4.78, 5) is 40.5. The molecule has 1 atom stereocenters. The highest BCUT2D eigenvalue weighted by Gasteiger charge is 2.30. The first-order valence-electron chi connectivity index (χ1n) is 8.10. The first kappa shape index (κ1) is 19.5. The molecule has 6 nitrogen and oxygen atoms in total. The number of hydrogen-bond donors (Lipinski definition) is 1. The van der Waals surface area contributed by atoms with Crippen molar-refractivity contribution in [1.29, 1.82) is 0 Å². The summed E-state index contributed by atoms with van der Waals surface area (Å²) in [5, 5.41) is 2.33. The van der Waals surface area contributed by atoms with E-state index in [9.17, 15) is 14.4 Å². The minimum Gasteiger partial charge on any atom is -0.351 e. The van der Waals surface area contributed by atoms with Crippen LogP contribution in [0, 0.1) is 6.92 Å². The predicted molar refractivity (Wildman–Crippen MR) is 94.6 cm³/mol. The third-order valence-corrected chi connectivity index (χ3v) is 3.89. The van der Waals surface area contributed by atoms with E-state index < -0.39 is 6.04 Å². The molecule has 0 radical (unpaired) electrons. The number of nitrogens with zero attached hydrogens (tertiary/aromatic N) is 2. The normalized spacial score (nSPS) is 17.5. The van der Waals surface area contributed by atoms with Crippen molar-refractivity contribution in [3.05, 3.63) is 29.3 Å². The molecule has 1 unspecified atom stereocenters. The van der Waals surface area contributed by atoms with Crippen molar-refractivity contribution < 1.29 is 14.4 Å². The lowest BCUT2D eigenvalue weighted by molar-refractivity contribution is -0.136. The third-order valence-electron chi connectivity index (χ3n) is 3.89. The minimum absolute atomic E-state index is 0.244. The van der Waals surface area contributed by atoms with Crippen LogP contribution in [-0.4, -0.2) is 41.9 Å². The molecule has 0 aliphatic carbocycles. The van der Waals surface area contributed by atoms with Crippen molar-refractivity contribution in [1.82, 2.24) is 10.2 Å². The molecule has 1 heterocycles. The fourth-order valence-corrected chi connectivity index (χ4v) is 2.45. The second-order valence-corrected chi connectivity index (χ2v) is 5.36. The van der Waals surface area contributed by atoms with Crippen LogP contribution in [0.1, 0.15) is 49.5 Å². The van der Waals surface area contributed by atoms with Crippen LogP contribution in [0.4, 0.5) is 5.69 Å². The Morgan fingerprint density at radius 3 is 2.58 bits per heavy atom. The van der Waals surface area contributed by atoms with Gasteiger partial charge in [0.15, 0.2) is 6.29 Å². The van der Waals surface area contributed by atoms with Gasteiger partial charge < -0.3 is 4.90 Å². The third kappa shape index (κ3) is 4.50. The number of hydrogen-bond acceptors (Lipinski definition) is 4. The molecule has 0 aromatic heterocycles. The number of benzene rings is 1. The van der Waals surface area contributed by atoms with Crippen LogP contribution in [-0.2, 0) is 9.59 Å². The molecule has 24 heavy (non-hydrogen) atoms. The molecule has 1 aliphatic rings. The van der Waals surface area contributed by atoms with Gasteiger partial charge in [-0.1, -0.05) is 26.0 Å². The van der Waals surface area contributed by atoms with Crippen molar-refractivity contribution in [2.75, 3.05) is 7.05 Å². The van der Waals surface area contributed by atoms with Crippen molar-refractivity contribution in [3.63, 3.8) is 0 Å². The molecule has 1 N–H and O–H groups in total. The van der Waals surface area contributed by atoms with E-state index in [-0.39, 0.29) is 11.8 Å². The number of carbonyl (C=O) groups excluding carboxylic acids is 3. The topological polar surface area (TPSA) is 78.8 Å². The van der Waals surface area contributed by atoms with Gasteiger partial charge in [-0.05, 0) is 31.9 Å². The van der Waals surface area contributed by atoms with Gasteiger partial charge in [0.2, 0.25) is 11.8 Å². The van der Waals surface area contributed by atoms with Gasteiger partial charge in [-0.15, -0.1) is 0 Å². The average Bonchev–Trinajstić information content (AvgIpc) is 2.56. The van der Waals surface area contributed by atoms with E-state index >= 15 is 0 Å². The van der Waals surface area contributed by atoms with Gasteiger partial charge in [0.05, 0.1) is 5.69 Å². The summed E-state index contributed by atoms with van der Waals surface area (Å²) >= 11 is 0. The Kier molecular flexibility index (Phi) is 7.30. The van der Waals surface area contributed by atoms with E-state index in [0.29, 0.717) is 29.9 Å². The molecule has 1 fully saturated rings. The second-order valence-electron chi connectivity index (χ2n) is 5.36. The molecular weight excluding hydrogens is 306 g/mol. The van der Waals surface area contributed by atoms with Crippen LogP contribution in [0.5, 0.6) is 0 Å². The molecule has 0 saturated carbocycles. The van der Waals surface area contributed by atoms with Crippen molar-refractivity contribution in [2.45, 2.75) is 46.6 Å². The number of aryl methyl sites for hydroxylation is 1. The fraction of sp³-hybridized carbons (Fsp3) is 0.444. The van der Waals surface area contributed by atoms with E-state index in [1.54, 1.807) is 24.9 Å². The van der Waals surface area contributed by atoms with Crippen LogP contribution < -0.4 is 5.32 Å². The van der Waals surface area contributed by atoms with Crippen molar-refractivity contribution >= 4 is 29.6 Å². The number of carbonyl (C=O) groups is 3. The van der Waals surface area contributed by atoms with Gasteiger partial charge in [-0.2, -0.15) is 0 Å². The van der Waals surface area contributed by atoms with Gasteiger partial charge in [0, 0.05) is 19.0 Å². The quantitative estimate of drug-likeness (QED) is 0.400. The van der Waals surface area contributed by atoms with Crippen LogP contribution in [0.15, 0.2) is 23.2 Å². The molecule has 0 spiro atoms. The Bertz CT molecular complexity index is 653. The van der Waals surface area contributed by atoms with Crippen LogP contribution in [0.25, 0.3) is 0 Å². The van der Waals surface area contributed by atoms with Gasteiger partial charge in [-0.3, -0.25) is 19.7 Å². The molecule has 2 rings (SSSR count). The summed E-state index contributed by atoms with van der Waals surface area (Å²) in [6.07, 6.45) is 1.56. The van der Waals surface area contributed by atoms with Crippen LogP contribution in [0.3, 0.4) is 0 Å². The summed E-state index contributed by atoms with van der Waals surface area (Å²) in [5.41, 5.74) is 1.97. The Morgan fingerprint density at radius 2 is 2.00 bits per heavy atom. The maximum Gasteiger partial charge on any atom is 0.249 e. The molecule has 1 aliphatic heterocycles. The first-order valence-corrected chi connectivity index (χ1v) is 8.10. The van der Waals surface area contributed by atoms with E-state index in [1.165, 1.54) is 0 Å². The van der Waals surface area contributed by atoms with Gasteiger partial charge >= 0.3 is 0 Å². The number of nitrogens with one attached hydrogen (secondary N) is 1. The Balaban J connectivity index is 0.00000139. The largest absolute Gasteiger partial charge is 0.351 e. The lowest BCUT2D eigenvalue weighted by Gasteiger charge is -2.31. The number of imide groups is 1. The Labute approximate surface area is 143 Å². The number of aliphatic imine (C=N–C) groups is 1. The van der Waals surface area contributed by atoms with E-state index in [4.69, 9.17) is 0 Å². The molecule has 2 amide bonds. The number of aldehydes is 1. The molecule has 1 saturated heterocycles. The van der Waals surface area contributed by atoms with E-state index in [0.717, 1.165) is 11.8 Å². The number of amidine groups is 1. The maximum absolute atomic E-state index is 11.9. The minimum atomic E-state index is -0.425. The maximum atomic E-state index is 11.9. The second kappa shape index (κ2) is 8.96. The summed E-state index contributed by atoms with van der Waals surface area (Å²) in [6.45, 7) is 7.63. The highest BCUT2D eigenvalue weighted by atomic mass is 16.2. The zero-order valence-corrected chi connectivity index (χ0v) is 14.9. The molecule has 130 valence electrons. The fourth-order valence-electron chi connectivity index (χ4n) is 2.45. The van der Waals surface area contributed by atoms with Crippen molar-refractivity contribution in [3.8, 4) is 0 Å². The standard InChI is InChI=1S/C16H19N3O3.C2H6/c1-10-5-4-6-13(12(10)9-20)17-11(2)19(3)14-7-8-15(21)18-16(14)22;1-2/h4-6,9,14H,7-8H2,1-3H3,(H,18,21,22);1-2H3. The predicted octanol–water partition coefficient (Wildman–Crippen LogP) is 2.62. The Hall–Kier alpha value is -2.50. The highest BCUT2D eigenvalue weighted by molar-refractivity contribution is 6.02. The molecule has 6 heteroatoms. The van der Waals surface area contributed by atoms with Crippen LogP contribution >= 0.6 is 0 Å². The smallest absolute Gasteiger partial charge is 0.249 e. The highest BCUT2D eigenvalue weighted by Crippen LogP contribution is 2.22. The first-order chi connectivity index (χ1) is 11.4.